The summed E-state index contributed by atoms with van der Waals surface area (Å²) in [6.07, 6.45) is 0.387. The lowest BCUT2D eigenvalue weighted by atomic mass is 10.1. The maximum atomic E-state index is 6.14. The monoisotopic (exact) mass is 340 g/mol. The van der Waals surface area contributed by atoms with Crippen molar-refractivity contribution in [3.8, 4) is 11.5 Å². The van der Waals surface area contributed by atoms with Gasteiger partial charge in [0.05, 0.1) is 11.3 Å². The van der Waals surface area contributed by atoms with Gasteiger partial charge in [0, 0.05) is 16.5 Å². The number of nitrogens with two attached hydrogens (primary N) is 1. The fourth-order valence-corrected chi connectivity index (χ4v) is 3.12. The molecule has 0 aliphatic carbocycles. The van der Waals surface area contributed by atoms with Gasteiger partial charge in [0.2, 0.25) is 0 Å². The van der Waals surface area contributed by atoms with E-state index in [1.165, 1.54) is 11.5 Å². The maximum absolute atomic E-state index is 6.14. The predicted octanol–water partition coefficient (Wildman–Crippen LogP) is 3.98. The molecule has 2 N–H and O–H groups in total. The van der Waals surface area contributed by atoms with Crippen molar-refractivity contribution in [1.82, 2.24) is 14.5 Å². The van der Waals surface area contributed by atoms with Crippen LogP contribution in [-0.4, -0.2) is 14.5 Å². The van der Waals surface area contributed by atoms with Crippen LogP contribution in [0.3, 0.4) is 0 Å². The van der Waals surface area contributed by atoms with Crippen LogP contribution in [0, 0.1) is 6.92 Å². The van der Waals surface area contributed by atoms with Gasteiger partial charge in [-0.3, -0.25) is 0 Å². The molecule has 0 atom stereocenters. The number of hydrogen-bond acceptors (Lipinski definition) is 6. The van der Waals surface area contributed by atoms with E-state index in [9.17, 15) is 0 Å². The average molecular weight is 341 g/mol. The fourth-order valence-electron chi connectivity index (χ4n) is 1.93. The Balaban J connectivity index is 1.93. The Morgan fingerprint density at radius 3 is 2.62 bits per heavy atom. The first-order valence-electron chi connectivity index (χ1n) is 6.04. The Kier molecular flexibility index (Phi) is 3.84. The van der Waals surface area contributed by atoms with Gasteiger partial charge in [-0.05, 0) is 36.2 Å². The van der Waals surface area contributed by atoms with Gasteiger partial charge in [-0.2, -0.15) is 9.36 Å². The number of rotatable bonds is 3. The molecular weight excluding hydrogens is 331 g/mol. The van der Waals surface area contributed by atoms with Crippen molar-refractivity contribution >= 4 is 39.7 Å². The van der Waals surface area contributed by atoms with E-state index in [0.29, 0.717) is 38.7 Å². The van der Waals surface area contributed by atoms with Crippen molar-refractivity contribution < 1.29 is 4.52 Å². The van der Waals surface area contributed by atoms with Crippen LogP contribution < -0.4 is 5.73 Å². The summed E-state index contributed by atoms with van der Waals surface area (Å²) in [5, 5.41) is 5.65. The van der Waals surface area contributed by atoms with Gasteiger partial charge in [-0.15, -0.1) is 0 Å². The zero-order valence-electron chi connectivity index (χ0n) is 10.9. The zero-order chi connectivity index (χ0) is 15.0. The first-order chi connectivity index (χ1) is 10.1. The minimum Gasteiger partial charge on any atom is -0.389 e. The summed E-state index contributed by atoms with van der Waals surface area (Å²) in [5.41, 5.74) is 8.09. The number of aromatic nitrogens is 3. The Labute approximate surface area is 134 Å². The number of benzene rings is 1. The number of hydrogen-bond donors (Lipinski definition) is 1. The summed E-state index contributed by atoms with van der Waals surface area (Å²) < 4.78 is 9.42. The van der Waals surface area contributed by atoms with Crippen molar-refractivity contribution in [2.75, 3.05) is 5.73 Å². The van der Waals surface area contributed by atoms with Crippen LogP contribution in [0.2, 0.25) is 10.0 Å². The molecule has 3 rings (SSSR count). The zero-order valence-corrected chi connectivity index (χ0v) is 13.3. The largest absolute Gasteiger partial charge is 0.389 e. The highest BCUT2D eigenvalue weighted by atomic mass is 35.5. The van der Waals surface area contributed by atoms with E-state index < -0.39 is 0 Å². The molecule has 5 nitrogen and oxygen atoms in total. The smallest absolute Gasteiger partial charge is 0.262 e. The average Bonchev–Trinajstić information content (AvgIpc) is 3.01. The molecule has 21 heavy (non-hydrogen) atoms. The molecule has 0 bridgehead atoms. The normalized spacial score (nSPS) is 11.0. The van der Waals surface area contributed by atoms with Crippen molar-refractivity contribution in [1.29, 1.82) is 0 Å². The van der Waals surface area contributed by atoms with E-state index in [0.717, 1.165) is 11.3 Å². The molecule has 0 saturated heterocycles. The van der Waals surface area contributed by atoms with Gasteiger partial charge in [-0.1, -0.05) is 34.4 Å². The molecule has 0 amide bonds. The highest BCUT2D eigenvalue weighted by Crippen LogP contribution is 2.32. The Morgan fingerprint density at radius 1 is 1.29 bits per heavy atom. The van der Waals surface area contributed by atoms with E-state index in [-0.39, 0.29) is 0 Å². The van der Waals surface area contributed by atoms with E-state index in [4.69, 9.17) is 33.5 Å². The van der Waals surface area contributed by atoms with Crippen LogP contribution >= 0.6 is 34.7 Å². The lowest BCUT2D eigenvalue weighted by Gasteiger charge is -2.03. The van der Waals surface area contributed by atoms with E-state index in [1.54, 1.807) is 18.2 Å². The molecule has 0 unspecified atom stereocenters. The molecule has 0 fully saturated rings. The molecule has 0 aliphatic rings. The highest BCUT2D eigenvalue weighted by Gasteiger charge is 2.18. The minimum absolute atomic E-state index is 0.358. The molecule has 8 heteroatoms. The van der Waals surface area contributed by atoms with Crippen LogP contribution in [0.5, 0.6) is 0 Å². The number of anilines is 1. The molecule has 0 spiro atoms. The lowest BCUT2D eigenvalue weighted by molar-refractivity contribution is 0.424. The van der Waals surface area contributed by atoms with Gasteiger partial charge in [-0.25, -0.2) is 0 Å². The first kappa shape index (κ1) is 14.3. The van der Waals surface area contributed by atoms with Gasteiger partial charge >= 0.3 is 0 Å². The number of aryl methyl sites for hydroxylation is 1. The third kappa shape index (κ3) is 2.74. The molecule has 108 valence electrons. The van der Waals surface area contributed by atoms with Crippen LogP contribution in [0.1, 0.15) is 17.1 Å². The number of halogens is 2. The van der Waals surface area contributed by atoms with Crippen LogP contribution in [0.15, 0.2) is 22.7 Å². The topological polar surface area (TPSA) is 77.8 Å². The highest BCUT2D eigenvalue weighted by molar-refractivity contribution is 7.10. The summed E-state index contributed by atoms with van der Waals surface area (Å²) in [7, 11) is 0. The summed E-state index contributed by atoms with van der Waals surface area (Å²) in [4.78, 5) is 4.34. The second-order valence-electron chi connectivity index (χ2n) is 4.40. The Hall–Kier alpha value is -1.63. The fraction of sp³-hybridized carbons (Fsp3) is 0.154. The minimum atomic E-state index is 0.358. The van der Waals surface area contributed by atoms with E-state index in [1.807, 2.05) is 6.92 Å². The van der Waals surface area contributed by atoms with Crippen LogP contribution in [-0.2, 0) is 6.42 Å². The van der Waals surface area contributed by atoms with Gasteiger partial charge in [0.1, 0.15) is 5.00 Å². The summed E-state index contributed by atoms with van der Waals surface area (Å²) >= 11 is 13.5. The Bertz CT molecular complexity index is 760. The molecule has 1 aromatic carbocycles. The van der Waals surface area contributed by atoms with Crippen molar-refractivity contribution in [2.45, 2.75) is 13.3 Å². The quantitative estimate of drug-likeness (QED) is 0.780. The number of nitrogens with zero attached hydrogens (tertiary/aromatic N) is 3. The van der Waals surface area contributed by atoms with Crippen molar-refractivity contribution in [3.05, 3.63) is 45.3 Å². The third-order valence-electron chi connectivity index (χ3n) is 2.97. The van der Waals surface area contributed by atoms with E-state index in [2.05, 4.69) is 14.5 Å². The van der Waals surface area contributed by atoms with E-state index >= 15 is 0 Å². The standard InChI is InChI=1S/C13H10Cl2N4OS/c1-6-11(12(16)21-19-6)13-17-10(18-20-13)5-7-8(14)3-2-4-9(7)15/h2-4H,5,16H2,1H3. The summed E-state index contributed by atoms with van der Waals surface area (Å²) in [6.45, 7) is 1.84. The predicted molar refractivity (Wildman–Crippen MR) is 83.8 cm³/mol. The maximum Gasteiger partial charge on any atom is 0.262 e. The summed E-state index contributed by atoms with van der Waals surface area (Å²) in [5.74, 6) is 0.849. The van der Waals surface area contributed by atoms with Gasteiger partial charge in [0.15, 0.2) is 5.82 Å². The van der Waals surface area contributed by atoms with Crippen LogP contribution in [0.25, 0.3) is 11.5 Å². The molecule has 0 aliphatic heterocycles. The first-order valence-corrected chi connectivity index (χ1v) is 7.56. The van der Waals surface area contributed by atoms with Crippen LogP contribution in [0.4, 0.5) is 5.00 Å². The Morgan fingerprint density at radius 2 is 2.00 bits per heavy atom. The molecule has 2 heterocycles. The molecule has 3 aromatic rings. The van der Waals surface area contributed by atoms with Gasteiger partial charge < -0.3 is 10.3 Å². The summed E-state index contributed by atoms with van der Waals surface area (Å²) in [6, 6.07) is 5.33. The third-order valence-corrected chi connectivity index (χ3v) is 4.44. The lowest BCUT2D eigenvalue weighted by Crippen LogP contribution is -1.93. The van der Waals surface area contributed by atoms with Crippen molar-refractivity contribution in [3.63, 3.8) is 0 Å². The molecular formula is C13H10Cl2N4OS. The van der Waals surface area contributed by atoms with Crippen molar-refractivity contribution in [2.24, 2.45) is 0 Å². The van der Waals surface area contributed by atoms with Gasteiger partial charge in [0.25, 0.3) is 5.89 Å². The second-order valence-corrected chi connectivity index (χ2v) is 6.02. The molecule has 0 radical (unpaired) electrons. The SMILES string of the molecule is Cc1nsc(N)c1-c1nc(Cc2c(Cl)cccc2Cl)no1. The second kappa shape index (κ2) is 5.63. The molecule has 0 saturated carbocycles. The number of nitrogen functional groups attached to an aromatic ring is 1. The molecule has 2 aromatic heterocycles.